The number of hydrogen-bond donors (Lipinski definition) is 1. The average Bonchev–Trinajstić information content (AvgIpc) is 2.96. The van der Waals surface area contributed by atoms with Crippen LogP contribution < -0.4 is 15.0 Å². The second-order valence-corrected chi connectivity index (χ2v) is 4.72. The summed E-state index contributed by atoms with van der Waals surface area (Å²) in [4.78, 5) is 18.1. The molecule has 3 rings (SSSR count). The molecule has 1 N–H and O–H groups in total. The van der Waals surface area contributed by atoms with Gasteiger partial charge in [0.15, 0.2) is 5.82 Å². The maximum Gasteiger partial charge on any atom is 0.225 e. The maximum absolute atomic E-state index is 12.8. The van der Waals surface area contributed by atoms with E-state index in [1.165, 1.54) is 18.7 Å². The fourth-order valence-electron chi connectivity index (χ4n) is 2.27. The Morgan fingerprint density at radius 2 is 2.10 bits per heavy atom. The van der Waals surface area contributed by atoms with Gasteiger partial charge in [0.25, 0.3) is 0 Å². The summed E-state index contributed by atoms with van der Waals surface area (Å²) in [7, 11) is 1.56. The standard InChI is InChI=1S/C13H15FN6O/c1-21-12-4-11(17-8-18-12)19-10-2-3-20(7-10)13-15-5-9(14)6-16-13/h4-6,8,10H,2-3,7H2,1H3,(H,17,18,19). The summed E-state index contributed by atoms with van der Waals surface area (Å²) in [6.07, 6.45) is 4.74. The summed E-state index contributed by atoms with van der Waals surface area (Å²) in [5, 5.41) is 3.32. The van der Waals surface area contributed by atoms with Gasteiger partial charge in [-0.2, -0.15) is 0 Å². The average molecular weight is 290 g/mol. The molecule has 0 bridgehead atoms. The van der Waals surface area contributed by atoms with Gasteiger partial charge < -0.3 is 15.0 Å². The highest BCUT2D eigenvalue weighted by Crippen LogP contribution is 2.19. The van der Waals surface area contributed by atoms with E-state index in [1.54, 1.807) is 13.2 Å². The molecule has 110 valence electrons. The van der Waals surface area contributed by atoms with Crippen molar-refractivity contribution in [2.75, 3.05) is 30.4 Å². The van der Waals surface area contributed by atoms with E-state index in [4.69, 9.17) is 4.74 Å². The molecular weight excluding hydrogens is 275 g/mol. The minimum atomic E-state index is -0.430. The second kappa shape index (κ2) is 5.86. The quantitative estimate of drug-likeness (QED) is 0.903. The number of rotatable bonds is 4. The highest BCUT2D eigenvalue weighted by Gasteiger charge is 2.24. The van der Waals surface area contributed by atoms with Crippen LogP contribution in [0.15, 0.2) is 24.8 Å². The molecule has 2 aromatic heterocycles. The van der Waals surface area contributed by atoms with Crippen molar-refractivity contribution in [3.63, 3.8) is 0 Å². The normalized spacial score (nSPS) is 17.8. The van der Waals surface area contributed by atoms with Crippen molar-refractivity contribution in [2.24, 2.45) is 0 Å². The van der Waals surface area contributed by atoms with Crippen LogP contribution in [-0.4, -0.2) is 46.2 Å². The first-order valence-corrected chi connectivity index (χ1v) is 6.59. The number of methoxy groups -OCH3 is 1. The Hall–Kier alpha value is -2.51. The third-order valence-corrected chi connectivity index (χ3v) is 3.28. The van der Waals surface area contributed by atoms with Crippen molar-refractivity contribution in [3.8, 4) is 5.88 Å². The number of ether oxygens (including phenoxy) is 1. The Bertz CT molecular complexity index is 608. The van der Waals surface area contributed by atoms with E-state index in [-0.39, 0.29) is 6.04 Å². The molecule has 0 amide bonds. The maximum atomic E-state index is 12.8. The molecule has 0 saturated carbocycles. The third-order valence-electron chi connectivity index (χ3n) is 3.28. The first kappa shape index (κ1) is 13.5. The van der Waals surface area contributed by atoms with Crippen molar-refractivity contribution in [1.29, 1.82) is 0 Å². The number of nitrogens with zero attached hydrogens (tertiary/aromatic N) is 5. The molecule has 3 heterocycles. The van der Waals surface area contributed by atoms with Gasteiger partial charge in [-0.25, -0.2) is 24.3 Å². The smallest absolute Gasteiger partial charge is 0.225 e. The van der Waals surface area contributed by atoms with Crippen LogP contribution in [0, 0.1) is 5.82 Å². The molecule has 1 unspecified atom stereocenters. The number of aromatic nitrogens is 4. The predicted octanol–water partition coefficient (Wildman–Crippen LogP) is 1.11. The highest BCUT2D eigenvalue weighted by atomic mass is 19.1. The first-order valence-electron chi connectivity index (χ1n) is 6.59. The molecular formula is C13H15FN6O. The Balaban J connectivity index is 1.63. The van der Waals surface area contributed by atoms with Crippen molar-refractivity contribution >= 4 is 11.8 Å². The molecule has 0 aliphatic carbocycles. The number of hydrogen-bond acceptors (Lipinski definition) is 7. The van der Waals surface area contributed by atoms with E-state index >= 15 is 0 Å². The van der Waals surface area contributed by atoms with Gasteiger partial charge in [0.2, 0.25) is 11.8 Å². The molecule has 7 nitrogen and oxygen atoms in total. The minimum Gasteiger partial charge on any atom is -0.481 e. The van der Waals surface area contributed by atoms with Gasteiger partial charge in [-0.3, -0.25) is 0 Å². The fourth-order valence-corrected chi connectivity index (χ4v) is 2.27. The van der Waals surface area contributed by atoms with Gasteiger partial charge >= 0.3 is 0 Å². The van der Waals surface area contributed by atoms with Gasteiger partial charge in [0.1, 0.15) is 12.1 Å². The largest absolute Gasteiger partial charge is 0.481 e. The molecule has 8 heteroatoms. The van der Waals surface area contributed by atoms with Crippen LogP contribution in [0.1, 0.15) is 6.42 Å². The Kier molecular flexibility index (Phi) is 3.76. The van der Waals surface area contributed by atoms with Gasteiger partial charge in [-0.1, -0.05) is 0 Å². The van der Waals surface area contributed by atoms with Crippen molar-refractivity contribution < 1.29 is 9.13 Å². The van der Waals surface area contributed by atoms with Crippen molar-refractivity contribution in [1.82, 2.24) is 19.9 Å². The van der Waals surface area contributed by atoms with Gasteiger partial charge in [-0.05, 0) is 6.42 Å². The van der Waals surface area contributed by atoms with E-state index < -0.39 is 5.82 Å². The third kappa shape index (κ3) is 3.15. The van der Waals surface area contributed by atoms with Crippen LogP contribution in [0.25, 0.3) is 0 Å². The van der Waals surface area contributed by atoms with Gasteiger partial charge in [-0.15, -0.1) is 0 Å². The zero-order chi connectivity index (χ0) is 14.7. The number of anilines is 2. The molecule has 0 radical (unpaired) electrons. The number of nitrogens with one attached hydrogen (secondary N) is 1. The van der Waals surface area contributed by atoms with Crippen LogP contribution in [-0.2, 0) is 0 Å². The molecule has 21 heavy (non-hydrogen) atoms. The summed E-state index contributed by atoms with van der Waals surface area (Å²) < 4.78 is 17.9. The lowest BCUT2D eigenvalue weighted by atomic mass is 10.2. The predicted molar refractivity (Wildman–Crippen MR) is 74.8 cm³/mol. The van der Waals surface area contributed by atoms with Crippen molar-refractivity contribution in [2.45, 2.75) is 12.5 Å². The second-order valence-electron chi connectivity index (χ2n) is 4.72. The molecule has 1 saturated heterocycles. The molecule has 1 atom stereocenters. The van der Waals surface area contributed by atoms with Crippen molar-refractivity contribution in [3.05, 3.63) is 30.6 Å². The monoisotopic (exact) mass is 290 g/mol. The fraction of sp³-hybridized carbons (Fsp3) is 0.385. The minimum absolute atomic E-state index is 0.221. The molecule has 0 aromatic carbocycles. The highest BCUT2D eigenvalue weighted by molar-refractivity contribution is 5.41. The number of halogens is 1. The lowest BCUT2D eigenvalue weighted by Gasteiger charge is -2.17. The summed E-state index contributed by atoms with van der Waals surface area (Å²) in [5.41, 5.74) is 0. The van der Waals surface area contributed by atoms with E-state index in [0.29, 0.717) is 17.6 Å². The Morgan fingerprint density at radius 1 is 1.29 bits per heavy atom. The molecule has 1 aliphatic rings. The van der Waals surface area contributed by atoms with Crippen LogP contribution in [0.4, 0.5) is 16.2 Å². The zero-order valence-electron chi connectivity index (χ0n) is 11.5. The van der Waals surface area contributed by atoms with E-state index in [9.17, 15) is 4.39 Å². The Morgan fingerprint density at radius 3 is 2.86 bits per heavy atom. The molecule has 1 aliphatic heterocycles. The molecule has 2 aromatic rings. The van der Waals surface area contributed by atoms with Gasteiger partial charge in [0, 0.05) is 25.2 Å². The lowest BCUT2D eigenvalue weighted by molar-refractivity contribution is 0.397. The lowest BCUT2D eigenvalue weighted by Crippen LogP contribution is -2.27. The summed E-state index contributed by atoms with van der Waals surface area (Å²) in [5.74, 6) is 1.35. The summed E-state index contributed by atoms with van der Waals surface area (Å²) in [6, 6.07) is 1.97. The molecule has 0 spiro atoms. The molecule has 1 fully saturated rings. The van der Waals surface area contributed by atoms with Gasteiger partial charge in [0.05, 0.1) is 19.5 Å². The van der Waals surface area contributed by atoms with E-state index in [2.05, 4.69) is 25.3 Å². The first-order chi connectivity index (χ1) is 10.2. The van der Waals surface area contributed by atoms with E-state index in [0.717, 1.165) is 19.5 Å². The van der Waals surface area contributed by atoms with E-state index in [1.807, 2.05) is 4.90 Å². The topological polar surface area (TPSA) is 76.1 Å². The summed E-state index contributed by atoms with van der Waals surface area (Å²) in [6.45, 7) is 1.55. The van der Waals surface area contributed by atoms with Crippen LogP contribution in [0.3, 0.4) is 0 Å². The zero-order valence-corrected chi connectivity index (χ0v) is 11.5. The Labute approximate surface area is 121 Å². The van der Waals surface area contributed by atoms with Crippen LogP contribution >= 0.6 is 0 Å². The van der Waals surface area contributed by atoms with Crippen LogP contribution in [0.2, 0.25) is 0 Å². The SMILES string of the molecule is COc1cc(NC2CCN(c3ncc(F)cn3)C2)ncn1. The van der Waals surface area contributed by atoms with Crippen LogP contribution in [0.5, 0.6) is 5.88 Å². The summed E-state index contributed by atoms with van der Waals surface area (Å²) >= 11 is 0.